The lowest BCUT2D eigenvalue weighted by atomic mass is 9.84. The van der Waals surface area contributed by atoms with Crippen LogP contribution in [-0.2, 0) is 9.59 Å². The summed E-state index contributed by atoms with van der Waals surface area (Å²) in [4.78, 5) is 23.9. The Morgan fingerprint density at radius 3 is 2.44 bits per heavy atom. The Balaban J connectivity index is 0.00000312. The Bertz CT molecular complexity index is 554. The zero-order valence-electron chi connectivity index (χ0n) is 14.6. The van der Waals surface area contributed by atoms with Gasteiger partial charge < -0.3 is 16.4 Å². The zero-order chi connectivity index (χ0) is 17.4. The Morgan fingerprint density at radius 1 is 1.12 bits per heavy atom. The number of nitrogens with two attached hydrogens (primary N) is 1. The van der Waals surface area contributed by atoms with Gasteiger partial charge in [0.15, 0.2) is 0 Å². The lowest BCUT2D eigenvalue weighted by molar-refractivity contribution is -0.119. The third-order valence-electron chi connectivity index (χ3n) is 4.36. The lowest BCUT2D eigenvalue weighted by Gasteiger charge is -2.31. The van der Waals surface area contributed by atoms with Gasteiger partial charge in [-0.25, -0.2) is 0 Å². The molecule has 2 amide bonds. The predicted molar refractivity (Wildman–Crippen MR) is 107 cm³/mol. The highest BCUT2D eigenvalue weighted by Crippen LogP contribution is 2.23. The van der Waals surface area contributed by atoms with Crippen LogP contribution >= 0.6 is 24.2 Å². The second-order valence-corrected chi connectivity index (χ2v) is 7.35. The summed E-state index contributed by atoms with van der Waals surface area (Å²) in [7, 11) is 0. The molecule has 7 heteroatoms. The first-order chi connectivity index (χ1) is 11.6. The lowest BCUT2D eigenvalue weighted by Crippen LogP contribution is -2.45. The normalized spacial score (nSPS) is 19.6. The molecule has 1 aromatic carbocycles. The summed E-state index contributed by atoms with van der Waals surface area (Å²) in [5, 5.41) is 5.91. The van der Waals surface area contributed by atoms with Crippen molar-refractivity contribution in [1.82, 2.24) is 5.32 Å². The van der Waals surface area contributed by atoms with Crippen LogP contribution in [0, 0.1) is 12.8 Å². The molecule has 5 nitrogen and oxygen atoms in total. The summed E-state index contributed by atoms with van der Waals surface area (Å²) < 4.78 is 0. The smallest absolute Gasteiger partial charge is 0.234 e. The van der Waals surface area contributed by atoms with Crippen molar-refractivity contribution in [2.24, 2.45) is 11.7 Å². The molecule has 0 bridgehead atoms. The third-order valence-corrected chi connectivity index (χ3v) is 5.29. The number of aryl methyl sites for hydroxylation is 1. The largest absolute Gasteiger partial charge is 0.352 e. The number of carbonyl (C=O) groups is 2. The average molecular weight is 386 g/mol. The van der Waals surface area contributed by atoms with Crippen LogP contribution in [-0.4, -0.2) is 35.9 Å². The highest BCUT2D eigenvalue weighted by molar-refractivity contribution is 8.00. The minimum atomic E-state index is -0.0887. The van der Waals surface area contributed by atoms with Gasteiger partial charge in [0.1, 0.15) is 0 Å². The number of benzene rings is 1. The van der Waals surface area contributed by atoms with Crippen molar-refractivity contribution in [1.29, 1.82) is 0 Å². The van der Waals surface area contributed by atoms with Gasteiger partial charge in [-0.2, -0.15) is 0 Å². The molecule has 1 aliphatic rings. The van der Waals surface area contributed by atoms with Gasteiger partial charge in [0, 0.05) is 11.7 Å². The van der Waals surface area contributed by atoms with Crippen molar-refractivity contribution in [3.8, 4) is 0 Å². The quantitative estimate of drug-likeness (QED) is 0.673. The van der Waals surface area contributed by atoms with Crippen LogP contribution < -0.4 is 16.4 Å². The topological polar surface area (TPSA) is 84.2 Å². The van der Waals surface area contributed by atoms with Crippen molar-refractivity contribution >= 4 is 41.7 Å². The molecule has 2 atom stereocenters. The number of amides is 2. The maximum absolute atomic E-state index is 12.0. The van der Waals surface area contributed by atoms with E-state index in [2.05, 4.69) is 10.6 Å². The van der Waals surface area contributed by atoms with Crippen molar-refractivity contribution in [3.05, 3.63) is 29.8 Å². The molecule has 0 saturated heterocycles. The Morgan fingerprint density at radius 2 is 1.76 bits per heavy atom. The van der Waals surface area contributed by atoms with E-state index in [1.165, 1.54) is 18.2 Å². The summed E-state index contributed by atoms with van der Waals surface area (Å²) in [5.74, 6) is 0.863. The van der Waals surface area contributed by atoms with Crippen LogP contribution in [0.15, 0.2) is 24.3 Å². The van der Waals surface area contributed by atoms with Gasteiger partial charge in [0.05, 0.1) is 11.5 Å². The fourth-order valence-corrected chi connectivity index (χ4v) is 3.63. The van der Waals surface area contributed by atoms with E-state index in [1.54, 1.807) is 0 Å². The van der Waals surface area contributed by atoms with Crippen LogP contribution in [0.4, 0.5) is 5.69 Å². The van der Waals surface area contributed by atoms with Crippen molar-refractivity contribution < 1.29 is 9.59 Å². The first-order valence-electron chi connectivity index (χ1n) is 8.52. The fraction of sp³-hybridized carbons (Fsp3) is 0.556. The van der Waals surface area contributed by atoms with Gasteiger partial charge in [-0.05, 0) is 44.4 Å². The highest BCUT2D eigenvalue weighted by atomic mass is 35.5. The van der Waals surface area contributed by atoms with Crippen molar-refractivity contribution in [2.75, 3.05) is 23.4 Å². The molecule has 0 spiro atoms. The molecule has 0 aliphatic heterocycles. The standard InChI is InChI=1S/C18H27N3O2S.ClH/c1-13-6-8-15(9-7-13)20-17(22)11-24-12-18(23)21-16-5-3-2-4-14(16)10-19;/h6-9,14,16H,2-5,10-12,19H2,1H3,(H,20,22)(H,21,23);1H. The van der Waals surface area contributed by atoms with Gasteiger partial charge in [0.25, 0.3) is 0 Å². The summed E-state index contributed by atoms with van der Waals surface area (Å²) >= 11 is 1.33. The van der Waals surface area contributed by atoms with E-state index in [9.17, 15) is 9.59 Å². The zero-order valence-corrected chi connectivity index (χ0v) is 16.3. The second-order valence-electron chi connectivity index (χ2n) is 6.36. The van der Waals surface area contributed by atoms with E-state index in [-0.39, 0.29) is 36.0 Å². The molecule has 0 radical (unpaired) electrons. The average Bonchev–Trinajstić information content (AvgIpc) is 2.57. The second kappa shape index (κ2) is 11.4. The Labute approximate surface area is 160 Å². The minimum Gasteiger partial charge on any atom is -0.352 e. The van der Waals surface area contributed by atoms with Gasteiger partial charge in [-0.3, -0.25) is 9.59 Å². The number of halogens is 1. The molecule has 0 aromatic heterocycles. The monoisotopic (exact) mass is 385 g/mol. The number of anilines is 1. The number of rotatable bonds is 7. The number of hydrogen-bond donors (Lipinski definition) is 3. The molecular weight excluding hydrogens is 358 g/mol. The van der Waals surface area contributed by atoms with Crippen LogP contribution in [0.5, 0.6) is 0 Å². The first kappa shape index (κ1) is 21.8. The molecule has 1 aromatic rings. The molecule has 2 unspecified atom stereocenters. The van der Waals surface area contributed by atoms with E-state index in [0.29, 0.717) is 18.2 Å². The summed E-state index contributed by atoms with van der Waals surface area (Å²) in [6.07, 6.45) is 4.44. The van der Waals surface area contributed by atoms with Crippen LogP contribution in [0.1, 0.15) is 31.2 Å². The number of nitrogens with one attached hydrogen (secondary N) is 2. The predicted octanol–water partition coefficient (Wildman–Crippen LogP) is 2.72. The summed E-state index contributed by atoms with van der Waals surface area (Å²) in [5.41, 5.74) is 7.71. The Hall–Kier alpha value is -1.24. The van der Waals surface area contributed by atoms with Gasteiger partial charge >= 0.3 is 0 Å². The van der Waals surface area contributed by atoms with Crippen molar-refractivity contribution in [2.45, 2.75) is 38.6 Å². The maximum atomic E-state index is 12.0. The summed E-state index contributed by atoms with van der Waals surface area (Å²) in [6.45, 7) is 2.62. The number of thioether (sulfide) groups is 1. The van der Waals surface area contributed by atoms with E-state index < -0.39 is 0 Å². The van der Waals surface area contributed by atoms with E-state index in [4.69, 9.17) is 5.73 Å². The van der Waals surface area contributed by atoms with Gasteiger partial charge in [0.2, 0.25) is 11.8 Å². The molecular formula is C18H28ClN3O2S. The minimum absolute atomic E-state index is 0. The fourth-order valence-electron chi connectivity index (χ4n) is 3.00. The van der Waals surface area contributed by atoms with Gasteiger partial charge in [-0.1, -0.05) is 30.5 Å². The molecule has 4 N–H and O–H groups in total. The maximum Gasteiger partial charge on any atom is 0.234 e. The molecule has 1 fully saturated rings. The molecule has 1 saturated carbocycles. The first-order valence-corrected chi connectivity index (χ1v) is 9.67. The Kier molecular flexibility index (Phi) is 9.93. The van der Waals surface area contributed by atoms with E-state index >= 15 is 0 Å². The van der Waals surface area contributed by atoms with E-state index in [1.807, 2.05) is 31.2 Å². The number of hydrogen-bond acceptors (Lipinski definition) is 4. The van der Waals surface area contributed by atoms with Crippen molar-refractivity contribution in [3.63, 3.8) is 0 Å². The summed E-state index contributed by atoms with van der Waals surface area (Å²) in [6, 6.07) is 7.85. The van der Waals surface area contributed by atoms with E-state index in [0.717, 1.165) is 30.5 Å². The molecule has 1 aliphatic carbocycles. The number of carbonyl (C=O) groups excluding carboxylic acids is 2. The van der Waals surface area contributed by atoms with Gasteiger partial charge in [-0.15, -0.1) is 24.2 Å². The van der Waals surface area contributed by atoms with Crippen LogP contribution in [0.25, 0.3) is 0 Å². The molecule has 2 rings (SSSR count). The van der Waals surface area contributed by atoms with Crippen LogP contribution in [0.3, 0.4) is 0 Å². The third kappa shape index (κ3) is 7.67. The molecule has 25 heavy (non-hydrogen) atoms. The SMILES string of the molecule is Cc1ccc(NC(=O)CSCC(=O)NC2CCCCC2CN)cc1.Cl. The molecule has 140 valence electrons. The highest BCUT2D eigenvalue weighted by Gasteiger charge is 2.25. The van der Waals surface area contributed by atoms with Crippen LogP contribution in [0.2, 0.25) is 0 Å². The molecule has 0 heterocycles.